The van der Waals surface area contributed by atoms with Crippen LogP contribution in [-0.4, -0.2) is 55.5 Å². The number of nitrogens with zero attached hydrogens (tertiary/aromatic N) is 4. The summed E-state index contributed by atoms with van der Waals surface area (Å²) in [6.45, 7) is 9.00. The number of anilines is 2. The van der Waals surface area contributed by atoms with Gasteiger partial charge < -0.3 is 15.8 Å². The van der Waals surface area contributed by atoms with Crippen LogP contribution >= 0.6 is 34.4 Å². The summed E-state index contributed by atoms with van der Waals surface area (Å²) in [6.07, 6.45) is 0.950. The fourth-order valence-electron chi connectivity index (χ4n) is 2.35. The number of nitrogens with two attached hydrogens (primary N) is 1. The molecule has 10 nitrogen and oxygen atoms in total. The van der Waals surface area contributed by atoms with Gasteiger partial charge in [0.2, 0.25) is 16.2 Å². The van der Waals surface area contributed by atoms with Crippen molar-refractivity contribution in [2.45, 2.75) is 59.1 Å². The molecule has 2 aromatic rings. The van der Waals surface area contributed by atoms with Gasteiger partial charge in [-0.2, -0.15) is 11.8 Å². The first-order chi connectivity index (χ1) is 14.5. The molecule has 0 fully saturated rings. The van der Waals surface area contributed by atoms with Crippen molar-refractivity contribution in [3.63, 3.8) is 0 Å². The monoisotopic (exact) mass is 487 g/mol. The summed E-state index contributed by atoms with van der Waals surface area (Å²) < 4.78 is 5.25. The first-order valence-corrected chi connectivity index (χ1v) is 12.6. The first kappa shape index (κ1) is 25.3. The summed E-state index contributed by atoms with van der Waals surface area (Å²) in [7, 11) is 0. The second kappa shape index (κ2) is 11.6. The van der Waals surface area contributed by atoms with Crippen LogP contribution in [0.2, 0.25) is 0 Å². The summed E-state index contributed by atoms with van der Waals surface area (Å²) in [5.41, 5.74) is 4.93. The van der Waals surface area contributed by atoms with Crippen LogP contribution < -0.4 is 16.4 Å². The number of ether oxygens (including phenoxy) is 1. The van der Waals surface area contributed by atoms with Crippen molar-refractivity contribution in [3.8, 4) is 0 Å². The Hall–Kier alpha value is -1.99. The second-order valence-electron chi connectivity index (χ2n) is 8.00. The maximum Gasteiger partial charge on any atom is 0.408 e. The van der Waals surface area contributed by atoms with Gasteiger partial charge in [0, 0.05) is 12.8 Å². The first-order valence-electron chi connectivity index (χ1n) is 9.82. The van der Waals surface area contributed by atoms with E-state index < -0.39 is 17.7 Å². The number of carbonyl (C=O) groups is 2. The minimum atomic E-state index is -0.743. The standard InChI is InChI=1S/C18H29N7O3S3/c1-10(2)13(20-17(27)28-18(3,4)5)14(26)21-16-25-23-12(31-16)7-9-29-8-6-11-22-24-15(19)30-11/h10,13H,6-9H2,1-5H3,(H2,19,24)(H,20,27)(H,21,25,26)/t13-/m0/s1. The highest BCUT2D eigenvalue weighted by molar-refractivity contribution is 7.99. The van der Waals surface area contributed by atoms with Crippen molar-refractivity contribution < 1.29 is 14.3 Å². The number of carbonyl (C=O) groups excluding carboxylic acids is 2. The van der Waals surface area contributed by atoms with Gasteiger partial charge in [-0.3, -0.25) is 10.1 Å². The zero-order valence-electron chi connectivity index (χ0n) is 18.3. The molecule has 172 valence electrons. The maximum atomic E-state index is 12.6. The molecule has 2 amide bonds. The number of nitrogen functional groups attached to an aromatic ring is 1. The van der Waals surface area contributed by atoms with Gasteiger partial charge in [0.15, 0.2) is 0 Å². The van der Waals surface area contributed by atoms with Crippen LogP contribution in [0.15, 0.2) is 0 Å². The highest BCUT2D eigenvalue weighted by Crippen LogP contribution is 2.19. The van der Waals surface area contributed by atoms with Gasteiger partial charge >= 0.3 is 6.09 Å². The fourth-order valence-corrected chi connectivity index (χ4v) is 4.84. The van der Waals surface area contributed by atoms with Crippen molar-refractivity contribution in [3.05, 3.63) is 10.0 Å². The number of hydrogen-bond donors (Lipinski definition) is 3. The van der Waals surface area contributed by atoms with E-state index in [0.29, 0.717) is 10.3 Å². The predicted molar refractivity (Wildman–Crippen MR) is 126 cm³/mol. The van der Waals surface area contributed by atoms with Gasteiger partial charge in [0.05, 0.1) is 0 Å². The van der Waals surface area contributed by atoms with Crippen LogP contribution in [0.5, 0.6) is 0 Å². The zero-order valence-corrected chi connectivity index (χ0v) is 20.7. The molecule has 0 aliphatic heterocycles. The van der Waals surface area contributed by atoms with Gasteiger partial charge in [-0.05, 0) is 38.2 Å². The van der Waals surface area contributed by atoms with Crippen LogP contribution in [0.4, 0.5) is 15.1 Å². The van der Waals surface area contributed by atoms with Crippen molar-refractivity contribution in [2.75, 3.05) is 22.6 Å². The summed E-state index contributed by atoms with van der Waals surface area (Å²) >= 11 is 4.52. The third-order valence-electron chi connectivity index (χ3n) is 3.72. The van der Waals surface area contributed by atoms with Crippen molar-refractivity contribution in [1.82, 2.24) is 25.7 Å². The summed E-state index contributed by atoms with van der Waals surface area (Å²) in [4.78, 5) is 24.7. The molecule has 2 heterocycles. The van der Waals surface area contributed by atoms with E-state index in [1.807, 2.05) is 13.8 Å². The molecule has 0 radical (unpaired) electrons. The highest BCUT2D eigenvalue weighted by atomic mass is 32.2. The Morgan fingerprint density at radius 1 is 1.06 bits per heavy atom. The Balaban J connectivity index is 1.77. The molecule has 2 aromatic heterocycles. The van der Waals surface area contributed by atoms with Crippen molar-refractivity contribution >= 4 is 56.7 Å². The third-order valence-corrected chi connectivity index (χ3v) is 6.42. The van der Waals surface area contributed by atoms with Crippen molar-refractivity contribution in [1.29, 1.82) is 0 Å². The van der Waals surface area contributed by atoms with E-state index in [9.17, 15) is 9.59 Å². The number of amides is 2. The maximum absolute atomic E-state index is 12.6. The van der Waals surface area contributed by atoms with Crippen LogP contribution in [0.3, 0.4) is 0 Å². The van der Waals surface area contributed by atoms with E-state index >= 15 is 0 Å². The minimum absolute atomic E-state index is 0.125. The molecule has 0 saturated carbocycles. The van der Waals surface area contributed by atoms with E-state index in [1.54, 1.807) is 32.5 Å². The molecule has 1 atom stereocenters. The molecular weight excluding hydrogens is 458 g/mol. The molecule has 0 aliphatic carbocycles. The Morgan fingerprint density at radius 3 is 2.23 bits per heavy atom. The van der Waals surface area contributed by atoms with E-state index in [0.717, 1.165) is 34.4 Å². The number of alkyl carbamates (subject to hydrolysis) is 1. The highest BCUT2D eigenvalue weighted by Gasteiger charge is 2.27. The Kier molecular flexibility index (Phi) is 9.44. The lowest BCUT2D eigenvalue weighted by Crippen LogP contribution is -2.48. The van der Waals surface area contributed by atoms with E-state index in [4.69, 9.17) is 10.5 Å². The van der Waals surface area contributed by atoms with Crippen LogP contribution in [0, 0.1) is 5.92 Å². The van der Waals surface area contributed by atoms with Crippen LogP contribution in [-0.2, 0) is 22.4 Å². The zero-order chi connectivity index (χ0) is 23.0. The van der Waals surface area contributed by atoms with Gasteiger partial charge in [-0.15, -0.1) is 20.4 Å². The molecule has 4 N–H and O–H groups in total. The summed E-state index contributed by atoms with van der Waals surface area (Å²) in [5, 5.41) is 24.0. The molecule has 2 rings (SSSR count). The fraction of sp³-hybridized carbons (Fsp3) is 0.667. The average molecular weight is 488 g/mol. The SMILES string of the molecule is CC(C)[C@H](NC(=O)OC(C)(C)C)C(=O)Nc1nnc(CCSCCc2nnc(N)s2)s1. The number of hydrogen-bond acceptors (Lipinski definition) is 11. The predicted octanol–water partition coefficient (Wildman–Crippen LogP) is 2.98. The van der Waals surface area contributed by atoms with Gasteiger partial charge in [-0.25, -0.2) is 4.79 Å². The lowest BCUT2D eigenvalue weighted by Gasteiger charge is -2.24. The van der Waals surface area contributed by atoms with Crippen LogP contribution in [0.1, 0.15) is 44.6 Å². The van der Waals surface area contributed by atoms with E-state index in [-0.39, 0.29) is 11.8 Å². The van der Waals surface area contributed by atoms with Gasteiger partial charge in [0.25, 0.3) is 0 Å². The number of nitrogens with one attached hydrogen (secondary N) is 2. The Bertz CT molecular complexity index is 864. The number of thioether (sulfide) groups is 1. The van der Waals surface area contributed by atoms with E-state index in [1.165, 1.54) is 22.7 Å². The minimum Gasteiger partial charge on any atom is -0.444 e. The quantitative estimate of drug-likeness (QED) is 0.430. The molecule has 0 bridgehead atoms. The number of aryl methyl sites for hydroxylation is 2. The lowest BCUT2D eigenvalue weighted by molar-refractivity contribution is -0.119. The molecule has 31 heavy (non-hydrogen) atoms. The third kappa shape index (κ3) is 9.35. The lowest BCUT2D eigenvalue weighted by atomic mass is 10.0. The normalized spacial score (nSPS) is 12.6. The van der Waals surface area contributed by atoms with Crippen LogP contribution in [0.25, 0.3) is 0 Å². The largest absolute Gasteiger partial charge is 0.444 e. The smallest absolute Gasteiger partial charge is 0.408 e. The van der Waals surface area contributed by atoms with Crippen molar-refractivity contribution in [2.24, 2.45) is 5.92 Å². The Morgan fingerprint density at radius 2 is 1.68 bits per heavy atom. The molecular formula is C18H29N7O3S3. The molecule has 0 aromatic carbocycles. The molecule has 0 saturated heterocycles. The molecule has 0 aliphatic rings. The Labute approximate surface area is 194 Å². The summed E-state index contributed by atoms with van der Waals surface area (Å²) in [6, 6.07) is -0.743. The van der Waals surface area contributed by atoms with E-state index in [2.05, 4.69) is 31.0 Å². The summed E-state index contributed by atoms with van der Waals surface area (Å²) in [5.74, 6) is 1.32. The van der Waals surface area contributed by atoms with Gasteiger partial charge in [-0.1, -0.05) is 36.5 Å². The number of aromatic nitrogens is 4. The molecule has 0 unspecified atom stereocenters. The topological polar surface area (TPSA) is 145 Å². The average Bonchev–Trinajstić information content (AvgIpc) is 3.26. The number of rotatable bonds is 10. The van der Waals surface area contributed by atoms with Gasteiger partial charge in [0.1, 0.15) is 21.7 Å². The second-order valence-corrected chi connectivity index (χ2v) is 11.4. The molecule has 13 heteroatoms. The molecule has 0 spiro atoms.